The first-order chi connectivity index (χ1) is 15.5. The number of rotatable bonds is 7. The van der Waals surface area contributed by atoms with E-state index in [-0.39, 0.29) is 11.4 Å². The third-order valence-corrected chi connectivity index (χ3v) is 6.51. The van der Waals surface area contributed by atoms with E-state index in [9.17, 15) is 4.79 Å². The molecular weight excluding hydrogens is 531 g/mol. The highest BCUT2D eigenvalue weighted by Crippen LogP contribution is 2.48. The second-order valence-corrected chi connectivity index (χ2v) is 9.91. The molecule has 0 atom stereocenters. The average molecular weight is 556 g/mol. The maximum absolute atomic E-state index is 13.5. The van der Waals surface area contributed by atoms with Crippen molar-refractivity contribution in [2.75, 3.05) is 27.2 Å². The number of nitrogens with zero attached hydrogens (tertiary/aromatic N) is 1. The summed E-state index contributed by atoms with van der Waals surface area (Å²) in [4.78, 5) is 15.5. The third kappa shape index (κ3) is 5.22. The molecule has 1 fully saturated rings. The first-order valence-electron chi connectivity index (χ1n) is 10.5. The predicted octanol–water partition coefficient (Wildman–Crippen LogP) is 5.59. The summed E-state index contributed by atoms with van der Waals surface area (Å²) in [6, 6.07) is 20.2. The van der Waals surface area contributed by atoms with Crippen LogP contribution in [0.4, 0.5) is 0 Å². The van der Waals surface area contributed by atoms with Gasteiger partial charge in [-0.2, -0.15) is 0 Å². The Morgan fingerprint density at radius 1 is 1.16 bits per heavy atom. The Morgan fingerprint density at radius 2 is 1.94 bits per heavy atom. The summed E-state index contributed by atoms with van der Waals surface area (Å²) in [7, 11) is 5.41. The molecule has 1 saturated carbocycles. The van der Waals surface area contributed by atoms with Crippen molar-refractivity contribution < 1.29 is 9.53 Å². The Hall–Kier alpha value is -2.21. The lowest BCUT2D eigenvalue weighted by molar-refractivity contribution is 0.0930. The number of halogens is 1. The molecule has 0 saturated heterocycles. The van der Waals surface area contributed by atoms with Crippen molar-refractivity contribution in [3.8, 4) is 16.9 Å². The summed E-state index contributed by atoms with van der Waals surface area (Å²) >= 11 is 2.14. The van der Waals surface area contributed by atoms with Crippen molar-refractivity contribution in [1.82, 2.24) is 10.2 Å². The SMILES string of the molecule is CN(C)CCOc1ccc(C#CSI)c(C(=O)NC2(c3cccc4ccccc34)CC2)c1. The standard InChI is InChI=1S/C26H25IN2O2S/c1-29(2)15-16-31-21-11-10-20(12-17-32-27)23(18-21)25(30)28-26(13-14-26)24-9-5-7-19-6-3-4-8-22(19)24/h3-11,18H,13-16H2,1-2H3,(H,28,30). The number of fused-ring (bicyclic) bond motifs is 1. The van der Waals surface area contributed by atoms with Gasteiger partial charge in [0.2, 0.25) is 0 Å². The molecule has 0 spiro atoms. The molecule has 0 aromatic heterocycles. The molecule has 1 aliphatic carbocycles. The van der Waals surface area contributed by atoms with E-state index in [1.165, 1.54) is 25.3 Å². The molecular formula is C26H25IN2O2S. The van der Waals surface area contributed by atoms with Gasteiger partial charge in [-0.3, -0.25) is 4.79 Å². The van der Waals surface area contributed by atoms with Crippen LogP contribution >= 0.6 is 30.1 Å². The lowest BCUT2D eigenvalue weighted by Crippen LogP contribution is -2.35. The van der Waals surface area contributed by atoms with Gasteiger partial charge in [-0.05, 0) is 75.7 Å². The van der Waals surface area contributed by atoms with Gasteiger partial charge in [0.05, 0.1) is 11.1 Å². The number of hydrogen-bond acceptors (Lipinski definition) is 4. The van der Waals surface area contributed by atoms with E-state index in [1.807, 2.05) is 44.4 Å². The van der Waals surface area contributed by atoms with Gasteiger partial charge < -0.3 is 15.0 Å². The van der Waals surface area contributed by atoms with Gasteiger partial charge >= 0.3 is 0 Å². The summed E-state index contributed by atoms with van der Waals surface area (Å²) in [6.07, 6.45) is 1.85. The fourth-order valence-corrected chi connectivity index (χ4v) is 4.32. The maximum Gasteiger partial charge on any atom is 0.253 e. The van der Waals surface area contributed by atoms with Gasteiger partial charge in [0.15, 0.2) is 0 Å². The molecule has 4 rings (SSSR count). The number of hydrogen-bond donors (Lipinski definition) is 1. The van der Waals surface area contributed by atoms with Crippen molar-refractivity contribution in [1.29, 1.82) is 0 Å². The zero-order chi connectivity index (χ0) is 22.6. The van der Waals surface area contributed by atoms with E-state index in [0.29, 0.717) is 23.5 Å². The van der Waals surface area contributed by atoms with Gasteiger partial charge in [0, 0.05) is 33.3 Å². The van der Waals surface area contributed by atoms with Crippen LogP contribution in [-0.4, -0.2) is 38.1 Å². The second kappa shape index (κ2) is 10.2. The van der Waals surface area contributed by atoms with Crippen LogP contribution < -0.4 is 10.1 Å². The minimum Gasteiger partial charge on any atom is -0.492 e. The largest absolute Gasteiger partial charge is 0.492 e. The molecule has 0 aliphatic heterocycles. The zero-order valence-electron chi connectivity index (χ0n) is 18.2. The van der Waals surface area contributed by atoms with Crippen LogP contribution in [0.25, 0.3) is 10.8 Å². The predicted molar refractivity (Wildman–Crippen MR) is 141 cm³/mol. The van der Waals surface area contributed by atoms with Gasteiger partial charge in [0.25, 0.3) is 5.91 Å². The van der Waals surface area contributed by atoms with Crippen LogP contribution in [0, 0.1) is 11.2 Å². The van der Waals surface area contributed by atoms with Gasteiger partial charge in [0.1, 0.15) is 12.4 Å². The third-order valence-electron chi connectivity index (χ3n) is 5.68. The second-order valence-electron chi connectivity index (χ2n) is 8.23. The van der Waals surface area contributed by atoms with E-state index in [4.69, 9.17) is 4.74 Å². The molecule has 164 valence electrons. The number of benzene rings is 3. The number of likely N-dealkylation sites (N-methyl/N-ethyl adjacent to an activating group) is 1. The number of nitrogens with one attached hydrogen (secondary N) is 1. The Balaban J connectivity index is 1.62. The highest BCUT2D eigenvalue weighted by Gasteiger charge is 2.46. The van der Waals surface area contributed by atoms with Gasteiger partial charge in [-0.15, -0.1) is 0 Å². The van der Waals surface area contributed by atoms with Crippen LogP contribution in [0.5, 0.6) is 5.75 Å². The molecule has 6 heteroatoms. The molecule has 1 amide bonds. The highest BCUT2D eigenvalue weighted by atomic mass is 127. The Labute approximate surface area is 205 Å². The highest BCUT2D eigenvalue weighted by molar-refractivity contribution is 14.2. The van der Waals surface area contributed by atoms with E-state index >= 15 is 0 Å². The maximum atomic E-state index is 13.5. The molecule has 3 aromatic carbocycles. The molecule has 4 nitrogen and oxygen atoms in total. The van der Waals surface area contributed by atoms with Crippen LogP contribution in [0.1, 0.15) is 34.3 Å². The van der Waals surface area contributed by atoms with Crippen molar-refractivity contribution in [3.63, 3.8) is 0 Å². The van der Waals surface area contributed by atoms with Gasteiger partial charge in [-0.1, -0.05) is 48.4 Å². The van der Waals surface area contributed by atoms with E-state index < -0.39 is 0 Å². The first kappa shape index (κ1) is 23.0. The summed E-state index contributed by atoms with van der Waals surface area (Å²) in [5, 5.41) is 8.71. The number of carbonyl (C=O) groups excluding carboxylic acids is 1. The molecule has 0 radical (unpaired) electrons. The smallest absolute Gasteiger partial charge is 0.253 e. The summed E-state index contributed by atoms with van der Waals surface area (Å²) in [5.41, 5.74) is 2.11. The normalized spacial score (nSPS) is 14.0. The summed E-state index contributed by atoms with van der Waals surface area (Å²) in [6.45, 7) is 1.36. The van der Waals surface area contributed by atoms with Crippen LogP contribution in [-0.2, 0) is 5.54 Å². The molecule has 1 aliphatic rings. The van der Waals surface area contributed by atoms with Crippen molar-refractivity contribution in [3.05, 3.63) is 77.4 Å². The van der Waals surface area contributed by atoms with Crippen LogP contribution in [0.2, 0.25) is 0 Å². The number of carbonyl (C=O) groups is 1. The molecule has 32 heavy (non-hydrogen) atoms. The Kier molecular flexibility index (Phi) is 7.29. The quantitative estimate of drug-likeness (QED) is 0.304. The van der Waals surface area contributed by atoms with Crippen molar-refractivity contribution in [2.45, 2.75) is 18.4 Å². The molecule has 0 unspecified atom stereocenters. The molecule has 0 bridgehead atoms. The van der Waals surface area contributed by atoms with Crippen LogP contribution in [0.15, 0.2) is 60.7 Å². The molecule has 3 aromatic rings. The molecule has 1 N–H and O–H groups in total. The minimum atomic E-state index is -0.331. The lowest BCUT2D eigenvalue weighted by Gasteiger charge is -2.21. The monoisotopic (exact) mass is 556 g/mol. The Bertz CT molecular complexity index is 1190. The fourth-order valence-electron chi connectivity index (χ4n) is 3.84. The molecule has 0 heterocycles. The average Bonchev–Trinajstić information content (AvgIpc) is 3.57. The van der Waals surface area contributed by atoms with Gasteiger partial charge in [-0.25, -0.2) is 0 Å². The topological polar surface area (TPSA) is 41.6 Å². The first-order valence-corrected chi connectivity index (χ1v) is 13.9. The van der Waals surface area contributed by atoms with E-state index in [0.717, 1.165) is 19.4 Å². The minimum absolute atomic E-state index is 0.115. The fraction of sp³-hybridized carbons (Fsp3) is 0.269. The van der Waals surface area contributed by atoms with E-state index in [2.05, 4.69) is 72.9 Å². The zero-order valence-corrected chi connectivity index (χ0v) is 21.1. The number of ether oxygens (including phenoxy) is 1. The summed E-state index contributed by atoms with van der Waals surface area (Å²) < 4.78 is 5.88. The number of amides is 1. The Morgan fingerprint density at radius 3 is 2.69 bits per heavy atom. The van der Waals surface area contributed by atoms with E-state index in [1.54, 1.807) is 0 Å². The van der Waals surface area contributed by atoms with Crippen LogP contribution in [0.3, 0.4) is 0 Å². The van der Waals surface area contributed by atoms with Crippen molar-refractivity contribution >= 4 is 46.8 Å². The lowest BCUT2D eigenvalue weighted by atomic mass is 9.96. The summed E-state index contributed by atoms with van der Waals surface area (Å²) in [5.74, 6) is 3.67. The van der Waals surface area contributed by atoms with Crippen molar-refractivity contribution in [2.24, 2.45) is 0 Å².